The van der Waals surface area contributed by atoms with Gasteiger partial charge in [0.1, 0.15) is 11.5 Å². The Hall–Kier alpha value is -2.78. The molecule has 0 saturated heterocycles. The number of aliphatic hydroxyl groups is 1. The molecule has 0 saturated carbocycles. The summed E-state index contributed by atoms with van der Waals surface area (Å²) in [4.78, 5) is 0. The van der Waals surface area contributed by atoms with Crippen LogP contribution in [0.4, 0.5) is 0 Å². The van der Waals surface area contributed by atoms with Crippen molar-refractivity contribution in [3.8, 4) is 5.75 Å². The second kappa shape index (κ2) is 7.69. The molecule has 3 heteroatoms. The maximum atomic E-state index is 10.5. The maximum absolute atomic E-state index is 10.5. The molecule has 0 fully saturated rings. The van der Waals surface area contributed by atoms with Crippen molar-refractivity contribution in [3.63, 3.8) is 0 Å². The zero-order valence-electron chi connectivity index (χ0n) is 16.3. The number of rotatable bonds is 4. The molecule has 2 aromatic carbocycles. The van der Waals surface area contributed by atoms with Gasteiger partial charge in [-0.15, -0.1) is 0 Å². The number of benzene rings is 2. The van der Waals surface area contributed by atoms with Crippen molar-refractivity contribution in [1.29, 1.82) is 0 Å². The van der Waals surface area contributed by atoms with E-state index in [-0.39, 0.29) is 11.8 Å². The molecule has 0 radical (unpaired) electrons. The molecule has 1 heterocycles. The summed E-state index contributed by atoms with van der Waals surface area (Å²) in [7, 11) is 0. The molecule has 4 rings (SSSR count). The molecule has 0 spiro atoms. The molecule has 0 aromatic heterocycles. The highest BCUT2D eigenvalue weighted by molar-refractivity contribution is 5.49. The summed E-state index contributed by atoms with van der Waals surface area (Å²) in [5.74, 6) is 2.04. The summed E-state index contributed by atoms with van der Waals surface area (Å²) in [6.07, 6.45) is 7.54. The monoisotopic (exact) mass is 374 g/mol. The van der Waals surface area contributed by atoms with Crippen LogP contribution in [0.1, 0.15) is 36.8 Å². The molecule has 3 nitrogen and oxygen atoms in total. The minimum atomic E-state index is -0.980. The lowest BCUT2D eigenvalue weighted by Gasteiger charge is -2.34. The quantitative estimate of drug-likeness (QED) is 0.808. The number of hydrogen-bond donors (Lipinski definition) is 1. The Kier molecular flexibility index (Phi) is 5.10. The molecule has 1 aliphatic heterocycles. The van der Waals surface area contributed by atoms with Crippen molar-refractivity contribution in [1.82, 2.24) is 0 Å². The molecule has 3 unspecified atom stereocenters. The number of hydrogen-bond acceptors (Lipinski definition) is 3. The summed E-state index contributed by atoms with van der Waals surface area (Å²) in [5, 5.41) is 10.5. The van der Waals surface area contributed by atoms with E-state index in [9.17, 15) is 5.11 Å². The summed E-state index contributed by atoms with van der Waals surface area (Å²) in [6.45, 7) is 5.02. The van der Waals surface area contributed by atoms with Gasteiger partial charge in [-0.25, -0.2) is 0 Å². The van der Waals surface area contributed by atoms with E-state index in [1.807, 2.05) is 43.4 Å². The second-order valence-electron chi connectivity index (χ2n) is 7.52. The Labute approximate surface area is 166 Å². The first-order chi connectivity index (χ1) is 13.6. The van der Waals surface area contributed by atoms with Crippen molar-refractivity contribution in [3.05, 3.63) is 101 Å². The third-order valence-corrected chi connectivity index (χ3v) is 5.39. The number of ether oxygens (including phenoxy) is 2. The average Bonchev–Trinajstić information content (AvgIpc) is 2.87. The largest absolute Gasteiger partial charge is 0.494 e. The molecule has 0 amide bonds. The van der Waals surface area contributed by atoms with Crippen LogP contribution in [0.2, 0.25) is 0 Å². The summed E-state index contributed by atoms with van der Waals surface area (Å²) in [5.41, 5.74) is 2.58. The van der Waals surface area contributed by atoms with Crippen LogP contribution in [0.15, 0.2) is 90.2 Å². The lowest BCUT2D eigenvalue weighted by Crippen LogP contribution is -2.24. The Bertz CT molecular complexity index is 905. The van der Waals surface area contributed by atoms with E-state index in [4.69, 9.17) is 9.47 Å². The van der Waals surface area contributed by atoms with Crippen LogP contribution < -0.4 is 4.74 Å². The van der Waals surface area contributed by atoms with Gasteiger partial charge in [-0.1, -0.05) is 48.5 Å². The van der Waals surface area contributed by atoms with E-state index in [1.54, 1.807) is 13.0 Å². The molecule has 28 heavy (non-hydrogen) atoms. The third kappa shape index (κ3) is 3.76. The third-order valence-electron chi connectivity index (χ3n) is 5.39. The smallest absolute Gasteiger partial charge is 0.122 e. The lowest BCUT2D eigenvalue weighted by molar-refractivity contribution is 0.161. The zero-order valence-corrected chi connectivity index (χ0v) is 16.3. The average molecular weight is 374 g/mol. The summed E-state index contributed by atoms with van der Waals surface area (Å²) >= 11 is 0. The SMILES string of the molecule is CCOc1ccc(C2C3=C(C=CC(C)(O)C=C3)OCC2c2ccccc2)cc1. The van der Waals surface area contributed by atoms with Crippen molar-refractivity contribution in [2.75, 3.05) is 13.2 Å². The van der Waals surface area contributed by atoms with E-state index in [1.165, 1.54) is 11.1 Å². The van der Waals surface area contributed by atoms with E-state index < -0.39 is 5.60 Å². The first kappa shape index (κ1) is 18.6. The fourth-order valence-electron chi connectivity index (χ4n) is 3.96. The molecule has 1 aliphatic carbocycles. The molecule has 144 valence electrons. The Morgan fingerprint density at radius 1 is 1.00 bits per heavy atom. The van der Waals surface area contributed by atoms with Gasteiger partial charge in [0.05, 0.1) is 18.8 Å². The minimum Gasteiger partial charge on any atom is -0.494 e. The molecule has 1 N–H and O–H groups in total. The molecule has 2 aliphatic rings. The van der Waals surface area contributed by atoms with Crippen LogP contribution in [0.5, 0.6) is 5.75 Å². The van der Waals surface area contributed by atoms with Crippen LogP contribution in [0.25, 0.3) is 0 Å². The highest BCUT2D eigenvalue weighted by atomic mass is 16.5. The van der Waals surface area contributed by atoms with E-state index in [2.05, 4.69) is 36.4 Å². The maximum Gasteiger partial charge on any atom is 0.122 e. The Morgan fingerprint density at radius 3 is 2.43 bits per heavy atom. The Balaban J connectivity index is 1.80. The molecule has 2 aromatic rings. The fourth-order valence-corrected chi connectivity index (χ4v) is 3.96. The topological polar surface area (TPSA) is 38.7 Å². The molecule has 3 atom stereocenters. The normalized spacial score (nSPS) is 26.4. The van der Waals surface area contributed by atoms with Crippen molar-refractivity contribution in [2.45, 2.75) is 31.3 Å². The van der Waals surface area contributed by atoms with Gasteiger partial charge in [0.25, 0.3) is 0 Å². The lowest BCUT2D eigenvalue weighted by atomic mass is 9.75. The van der Waals surface area contributed by atoms with Gasteiger partial charge in [-0.2, -0.15) is 0 Å². The van der Waals surface area contributed by atoms with Gasteiger partial charge >= 0.3 is 0 Å². The highest BCUT2D eigenvalue weighted by Crippen LogP contribution is 2.45. The van der Waals surface area contributed by atoms with Crippen LogP contribution in [-0.4, -0.2) is 23.9 Å². The predicted octanol–water partition coefficient (Wildman–Crippen LogP) is 5.11. The number of allylic oxidation sites excluding steroid dienone is 3. The van der Waals surface area contributed by atoms with Crippen LogP contribution in [-0.2, 0) is 4.74 Å². The van der Waals surface area contributed by atoms with Crippen molar-refractivity contribution < 1.29 is 14.6 Å². The highest BCUT2D eigenvalue weighted by Gasteiger charge is 2.35. The van der Waals surface area contributed by atoms with Gasteiger partial charge in [0.15, 0.2) is 0 Å². The van der Waals surface area contributed by atoms with E-state index in [0.717, 1.165) is 17.1 Å². The zero-order chi connectivity index (χ0) is 19.6. The minimum absolute atomic E-state index is 0.136. The van der Waals surface area contributed by atoms with Gasteiger partial charge < -0.3 is 14.6 Å². The Morgan fingerprint density at radius 2 is 1.71 bits per heavy atom. The summed E-state index contributed by atoms with van der Waals surface area (Å²) < 4.78 is 11.8. The van der Waals surface area contributed by atoms with Gasteiger partial charge in [-0.05, 0) is 55.3 Å². The second-order valence-corrected chi connectivity index (χ2v) is 7.52. The van der Waals surface area contributed by atoms with Crippen LogP contribution >= 0.6 is 0 Å². The van der Waals surface area contributed by atoms with Gasteiger partial charge in [-0.3, -0.25) is 0 Å². The van der Waals surface area contributed by atoms with Crippen molar-refractivity contribution >= 4 is 0 Å². The van der Waals surface area contributed by atoms with Gasteiger partial charge in [0.2, 0.25) is 0 Å². The predicted molar refractivity (Wildman–Crippen MR) is 111 cm³/mol. The standard InChI is InChI=1S/C25H26O3/c1-3-27-20-11-9-19(10-12-20)24-21-13-15-25(2,26)16-14-23(21)28-17-22(24)18-7-5-4-6-8-18/h4-16,22,24,26H,3,17H2,1-2H3. The van der Waals surface area contributed by atoms with Crippen molar-refractivity contribution in [2.24, 2.45) is 0 Å². The van der Waals surface area contributed by atoms with E-state index >= 15 is 0 Å². The molecular formula is C25H26O3. The fraction of sp³-hybridized carbons (Fsp3) is 0.280. The first-order valence-electron chi connectivity index (χ1n) is 9.83. The molecular weight excluding hydrogens is 348 g/mol. The van der Waals surface area contributed by atoms with E-state index in [0.29, 0.717) is 13.2 Å². The first-order valence-corrected chi connectivity index (χ1v) is 9.83. The summed E-state index contributed by atoms with van der Waals surface area (Å²) in [6, 6.07) is 18.8. The van der Waals surface area contributed by atoms with Crippen LogP contribution in [0, 0.1) is 0 Å². The van der Waals surface area contributed by atoms with Gasteiger partial charge in [0, 0.05) is 17.4 Å². The molecule has 0 bridgehead atoms. The van der Waals surface area contributed by atoms with Crippen LogP contribution in [0.3, 0.4) is 0 Å².